The highest BCUT2D eigenvalue weighted by molar-refractivity contribution is 7.98. The van der Waals surface area contributed by atoms with Gasteiger partial charge in [0, 0.05) is 47.7 Å². The summed E-state index contributed by atoms with van der Waals surface area (Å²) in [6.45, 7) is 1.67. The summed E-state index contributed by atoms with van der Waals surface area (Å²) < 4.78 is 11.8. The molecule has 0 aliphatic carbocycles. The number of fused-ring (bicyclic) bond motifs is 1. The number of aromatic nitrogens is 4. The Morgan fingerprint density at radius 1 is 1.10 bits per heavy atom. The average Bonchev–Trinajstić information content (AvgIpc) is 2.77. The molecule has 1 aromatic carbocycles. The molecule has 2 N–H and O–H groups in total. The van der Waals surface area contributed by atoms with Gasteiger partial charge in [-0.3, -0.25) is 4.21 Å². The monoisotopic (exact) mass is 430 g/mol. The third kappa shape index (κ3) is 4.82. The van der Waals surface area contributed by atoms with E-state index in [1.54, 1.807) is 18.1 Å². The Morgan fingerprint density at radius 3 is 2.66 bits per heavy atom. The van der Waals surface area contributed by atoms with Gasteiger partial charge in [-0.2, -0.15) is 4.98 Å². The van der Waals surface area contributed by atoms with Crippen LogP contribution in [0.15, 0.2) is 41.7 Å². The minimum absolute atomic E-state index is 0.0136. The lowest BCUT2D eigenvalue weighted by molar-refractivity contribution is 0.311. The molecule has 0 bridgehead atoms. The molecule has 8 nitrogen and oxygen atoms in total. The number of aliphatic hydroxyl groups excluding tert-OH is 1. The Labute approximate surface area is 175 Å². The van der Waals surface area contributed by atoms with Crippen LogP contribution in [0.4, 0.5) is 11.8 Å². The first-order valence-corrected chi connectivity index (χ1v) is 11.9. The predicted octanol–water partition coefficient (Wildman–Crippen LogP) is 1.69. The van der Waals surface area contributed by atoms with E-state index in [2.05, 4.69) is 42.3 Å². The number of rotatable bonds is 7. The first-order chi connectivity index (χ1) is 14.2. The fraction of sp³-hybridized carbons (Fsp3) is 0.368. The minimum atomic E-state index is -0.778. The second-order valence-electron chi connectivity index (χ2n) is 6.51. The van der Waals surface area contributed by atoms with Crippen LogP contribution in [-0.2, 0) is 16.6 Å². The van der Waals surface area contributed by atoms with Crippen molar-refractivity contribution < 1.29 is 9.32 Å². The van der Waals surface area contributed by atoms with Gasteiger partial charge in [0.1, 0.15) is 22.4 Å². The van der Waals surface area contributed by atoms with E-state index >= 15 is 0 Å². The van der Waals surface area contributed by atoms with Crippen molar-refractivity contribution in [3.05, 3.63) is 42.2 Å². The molecule has 3 aromatic rings. The summed E-state index contributed by atoms with van der Waals surface area (Å²) >= 11 is 1.61. The molecule has 10 heteroatoms. The Bertz CT molecular complexity index is 995. The SMILES string of the molecule is O=S1CCN(c2nc(NCCO)nc3c(SCc4ccccc4)ncnc23)CC1. The van der Waals surface area contributed by atoms with Crippen LogP contribution >= 0.6 is 11.8 Å². The number of anilines is 2. The third-order valence-corrected chi connectivity index (χ3v) is 6.85. The maximum absolute atomic E-state index is 11.8. The molecule has 4 rings (SSSR count). The van der Waals surface area contributed by atoms with E-state index in [0.717, 1.165) is 16.6 Å². The summed E-state index contributed by atoms with van der Waals surface area (Å²) in [5.41, 5.74) is 2.58. The van der Waals surface area contributed by atoms with Gasteiger partial charge < -0.3 is 15.3 Å². The van der Waals surface area contributed by atoms with E-state index < -0.39 is 10.8 Å². The molecule has 152 valence electrons. The summed E-state index contributed by atoms with van der Waals surface area (Å²) in [4.78, 5) is 20.3. The van der Waals surface area contributed by atoms with Gasteiger partial charge in [-0.15, -0.1) is 0 Å². The summed E-state index contributed by atoms with van der Waals surface area (Å²) in [6, 6.07) is 10.2. The van der Waals surface area contributed by atoms with Crippen LogP contribution in [0, 0.1) is 0 Å². The lowest BCUT2D eigenvalue weighted by atomic mass is 10.2. The van der Waals surface area contributed by atoms with E-state index in [4.69, 9.17) is 5.11 Å². The molecule has 0 unspecified atom stereocenters. The number of thioether (sulfide) groups is 1. The van der Waals surface area contributed by atoms with E-state index in [1.165, 1.54) is 5.56 Å². The van der Waals surface area contributed by atoms with Crippen LogP contribution in [-0.4, -0.2) is 67.0 Å². The van der Waals surface area contributed by atoms with Crippen molar-refractivity contribution in [1.29, 1.82) is 0 Å². The quantitative estimate of drug-likeness (QED) is 0.428. The van der Waals surface area contributed by atoms with Crippen LogP contribution < -0.4 is 10.2 Å². The summed E-state index contributed by atoms with van der Waals surface area (Å²) in [7, 11) is -0.778. The molecule has 1 aliphatic heterocycles. The summed E-state index contributed by atoms with van der Waals surface area (Å²) in [6.07, 6.45) is 1.55. The molecule has 1 saturated heterocycles. The minimum Gasteiger partial charge on any atom is -0.395 e. The van der Waals surface area contributed by atoms with E-state index in [1.807, 2.05) is 18.2 Å². The van der Waals surface area contributed by atoms with E-state index in [9.17, 15) is 4.21 Å². The van der Waals surface area contributed by atoms with E-state index in [0.29, 0.717) is 48.1 Å². The zero-order chi connectivity index (χ0) is 20.1. The van der Waals surface area contributed by atoms with Crippen molar-refractivity contribution in [1.82, 2.24) is 19.9 Å². The zero-order valence-corrected chi connectivity index (χ0v) is 17.5. The van der Waals surface area contributed by atoms with Crippen LogP contribution in [0.5, 0.6) is 0 Å². The molecule has 0 spiro atoms. The zero-order valence-electron chi connectivity index (χ0n) is 15.8. The van der Waals surface area contributed by atoms with E-state index in [-0.39, 0.29) is 6.61 Å². The standard InChI is InChI=1S/C19H22N6O2S2/c26-9-6-20-19-23-16-15(17(24-19)25-7-10-29(27)11-8-25)21-13-22-18(16)28-12-14-4-2-1-3-5-14/h1-5,13,26H,6-12H2,(H,20,23,24). The highest BCUT2D eigenvalue weighted by atomic mass is 32.2. The molecule has 0 amide bonds. The van der Waals surface area contributed by atoms with Crippen LogP contribution in [0.2, 0.25) is 0 Å². The second-order valence-corrected chi connectivity index (χ2v) is 9.17. The van der Waals surface area contributed by atoms with Crippen molar-refractivity contribution in [2.45, 2.75) is 10.8 Å². The third-order valence-electron chi connectivity index (χ3n) is 4.52. The van der Waals surface area contributed by atoms with Crippen molar-refractivity contribution in [2.75, 3.05) is 48.0 Å². The molecular formula is C19H22N6O2S2. The predicted molar refractivity (Wildman–Crippen MR) is 117 cm³/mol. The molecule has 1 fully saturated rings. The number of aliphatic hydroxyl groups is 1. The van der Waals surface area contributed by atoms with Gasteiger partial charge in [0.2, 0.25) is 5.95 Å². The van der Waals surface area contributed by atoms with Gasteiger partial charge in [-0.05, 0) is 5.56 Å². The maximum Gasteiger partial charge on any atom is 0.225 e. The Kier molecular flexibility index (Phi) is 6.53. The number of hydrogen-bond acceptors (Lipinski definition) is 9. The van der Waals surface area contributed by atoms with Gasteiger partial charge in [0.05, 0.1) is 6.61 Å². The van der Waals surface area contributed by atoms with Gasteiger partial charge in [0.25, 0.3) is 0 Å². The molecule has 2 aromatic heterocycles. The van der Waals surface area contributed by atoms with Crippen molar-refractivity contribution in [3.63, 3.8) is 0 Å². The van der Waals surface area contributed by atoms with Gasteiger partial charge in [0.15, 0.2) is 5.82 Å². The second kappa shape index (κ2) is 9.47. The van der Waals surface area contributed by atoms with Crippen molar-refractivity contribution in [3.8, 4) is 0 Å². The van der Waals surface area contributed by atoms with Gasteiger partial charge >= 0.3 is 0 Å². The number of hydrogen-bond donors (Lipinski definition) is 2. The lowest BCUT2D eigenvalue weighted by Crippen LogP contribution is -2.38. The number of nitrogens with zero attached hydrogens (tertiary/aromatic N) is 5. The fourth-order valence-corrected chi connectivity index (χ4v) is 5.01. The lowest BCUT2D eigenvalue weighted by Gasteiger charge is -2.28. The molecule has 0 saturated carbocycles. The van der Waals surface area contributed by atoms with Crippen molar-refractivity contribution in [2.24, 2.45) is 0 Å². The molecule has 0 radical (unpaired) electrons. The average molecular weight is 431 g/mol. The first-order valence-electron chi connectivity index (χ1n) is 9.38. The maximum atomic E-state index is 11.8. The Hall–Kier alpha value is -2.30. The summed E-state index contributed by atoms with van der Waals surface area (Å²) in [5.74, 6) is 3.16. The number of benzene rings is 1. The number of nitrogens with one attached hydrogen (secondary N) is 1. The van der Waals surface area contributed by atoms with Crippen LogP contribution in [0.1, 0.15) is 5.56 Å². The smallest absolute Gasteiger partial charge is 0.225 e. The fourth-order valence-electron chi connectivity index (χ4n) is 3.06. The molecule has 3 heterocycles. The Morgan fingerprint density at radius 2 is 1.90 bits per heavy atom. The molecule has 0 atom stereocenters. The summed E-state index contributed by atoms with van der Waals surface area (Å²) in [5, 5.41) is 13.0. The molecular weight excluding hydrogens is 408 g/mol. The van der Waals surface area contributed by atoms with Crippen LogP contribution in [0.25, 0.3) is 11.0 Å². The topological polar surface area (TPSA) is 104 Å². The van der Waals surface area contributed by atoms with Crippen LogP contribution in [0.3, 0.4) is 0 Å². The Balaban J connectivity index is 1.70. The molecule has 29 heavy (non-hydrogen) atoms. The normalized spacial score (nSPS) is 15.0. The van der Waals surface area contributed by atoms with Gasteiger partial charge in [-0.25, -0.2) is 15.0 Å². The first kappa shape index (κ1) is 20.0. The van der Waals surface area contributed by atoms with Crippen molar-refractivity contribution >= 4 is 45.4 Å². The highest BCUT2D eigenvalue weighted by Crippen LogP contribution is 2.31. The highest BCUT2D eigenvalue weighted by Gasteiger charge is 2.22. The van der Waals surface area contributed by atoms with Gasteiger partial charge in [-0.1, -0.05) is 42.1 Å². The largest absolute Gasteiger partial charge is 0.395 e. The molecule has 1 aliphatic rings.